The molecule has 0 spiro atoms. The monoisotopic (exact) mass is 1060 g/mol. The molecule has 0 aliphatic heterocycles. The van der Waals surface area contributed by atoms with Gasteiger partial charge in [0, 0.05) is 94.4 Å². The minimum absolute atomic E-state index is 0. The van der Waals surface area contributed by atoms with E-state index >= 15 is 0 Å². The number of hydrogen-bond donors (Lipinski definition) is 2. The van der Waals surface area contributed by atoms with E-state index in [2.05, 4.69) is 133 Å². The van der Waals surface area contributed by atoms with Crippen LogP contribution in [-0.2, 0) is 36.7 Å². The first kappa shape index (κ1) is 42.8. The first-order valence-corrected chi connectivity index (χ1v) is 25.9. The van der Waals surface area contributed by atoms with Gasteiger partial charge >= 0.3 is 0 Å². The van der Waals surface area contributed by atoms with Crippen molar-refractivity contribution in [3.8, 4) is 54.9 Å². The second-order valence-electron chi connectivity index (χ2n) is 24.2. The quantitative estimate of drug-likeness (QED) is 0.163. The average Bonchev–Trinajstić information content (AvgIpc) is 3.79. The van der Waals surface area contributed by atoms with Crippen molar-refractivity contribution in [3.05, 3.63) is 113 Å². The third kappa shape index (κ3) is 6.48. The van der Waals surface area contributed by atoms with E-state index in [0.717, 1.165) is 55.2 Å². The van der Waals surface area contributed by atoms with E-state index in [0.29, 0.717) is 33.2 Å². The minimum atomic E-state index is 0. The van der Waals surface area contributed by atoms with Crippen LogP contribution in [0.4, 0.5) is 0 Å². The molecule has 4 unspecified atom stereocenters. The molecule has 0 saturated heterocycles. The van der Waals surface area contributed by atoms with Gasteiger partial charge in [-0.25, -0.2) is 4.98 Å². The molecule has 8 aliphatic rings. The molecular weight excluding hydrogens is 997 g/mol. The third-order valence-electron chi connectivity index (χ3n) is 17.9. The van der Waals surface area contributed by atoms with Gasteiger partial charge in [-0.2, -0.15) is 0 Å². The number of thiophene rings is 2. The summed E-state index contributed by atoms with van der Waals surface area (Å²) in [5.41, 5.74) is 12.4. The largest absolute Gasteiger partial charge is 0.508 e. The van der Waals surface area contributed by atoms with Gasteiger partial charge in [0.25, 0.3) is 0 Å². The van der Waals surface area contributed by atoms with Gasteiger partial charge in [0.2, 0.25) is 0 Å². The molecule has 4 atom stereocenters. The number of nitrogens with zero attached hydrogens (tertiary/aromatic N) is 1. The maximum absolute atomic E-state index is 12.8. The molecule has 0 radical (unpaired) electrons. The maximum atomic E-state index is 12.8. The Balaban J connectivity index is 0.00000444. The summed E-state index contributed by atoms with van der Waals surface area (Å²) in [6, 6.07) is 33.0. The zero-order valence-electron chi connectivity index (χ0n) is 39.0. The van der Waals surface area contributed by atoms with Crippen LogP contribution in [-0.4, -0.2) is 15.2 Å². The fourth-order valence-corrected chi connectivity index (χ4v) is 20.4. The Hall–Kier alpha value is -3.58. The van der Waals surface area contributed by atoms with E-state index in [1.165, 1.54) is 119 Å². The SMILES string of the molecule is Cc1cc(-c2sc3ccccc3c2-c2cccc(-c3c(-c4cc(O)c(C56CC7CC(C)(CC(C)(C7)C5)C6)cc4C)sc4ccccc34)n2)c(O)c(C23CC4CC(C)(CC(C)(C4)C2)C3)c1.[Hf]. The predicted octanol–water partition coefficient (Wildman–Crippen LogP) is 16.7. The van der Waals surface area contributed by atoms with E-state index in [1.54, 1.807) is 11.3 Å². The van der Waals surface area contributed by atoms with Crippen molar-refractivity contribution < 1.29 is 36.1 Å². The smallest absolute Gasteiger partial charge is 0.128 e. The Morgan fingerprint density at radius 3 is 1.51 bits per heavy atom. The molecule has 330 valence electrons. The van der Waals surface area contributed by atoms with E-state index in [-0.39, 0.29) is 36.7 Å². The number of aryl methyl sites for hydroxylation is 2. The number of rotatable bonds is 6. The zero-order chi connectivity index (χ0) is 43.8. The molecule has 3 heterocycles. The molecule has 65 heavy (non-hydrogen) atoms. The number of fused-ring (bicyclic) bond motifs is 2. The van der Waals surface area contributed by atoms with Crippen molar-refractivity contribution >= 4 is 42.8 Å². The van der Waals surface area contributed by atoms with Gasteiger partial charge in [0.1, 0.15) is 11.5 Å². The van der Waals surface area contributed by atoms with Crippen LogP contribution in [0.3, 0.4) is 0 Å². The summed E-state index contributed by atoms with van der Waals surface area (Å²) in [6.07, 6.45) is 15.1. The van der Waals surface area contributed by atoms with Gasteiger partial charge in [-0.05, 0) is 177 Å². The summed E-state index contributed by atoms with van der Waals surface area (Å²) in [5, 5.41) is 27.4. The van der Waals surface area contributed by atoms with Gasteiger partial charge in [0.05, 0.1) is 11.4 Å². The molecule has 7 aromatic rings. The van der Waals surface area contributed by atoms with Crippen LogP contribution in [0.2, 0.25) is 0 Å². The molecule has 4 aromatic carbocycles. The molecule has 8 fully saturated rings. The van der Waals surface area contributed by atoms with Crippen LogP contribution < -0.4 is 0 Å². The summed E-state index contributed by atoms with van der Waals surface area (Å²) in [4.78, 5) is 7.91. The van der Waals surface area contributed by atoms with Crippen molar-refractivity contribution in [1.82, 2.24) is 4.98 Å². The molecule has 6 heteroatoms. The summed E-state index contributed by atoms with van der Waals surface area (Å²) in [5.74, 6) is 2.43. The Labute approximate surface area is 411 Å². The zero-order valence-corrected chi connectivity index (χ0v) is 44.2. The Kier molecular flexibility index (Phi) is 9.36. The van der Waals surface area contributed by atoms with E-state index in [9.17, 15) is 10.2 Å². The topological polar surface area (TPSA) is 53.4 Å². The summed E-state index contributed by atoms with van der Waals surface area (Å²) >= 11 is 3.59. The number of hydrogen-bond acceptors (Lipinski definition) is 5. The summed E-state index contributed by atoms with van der Waals surface area (Å²) in [6.45, 7) is 14.6. The van der Waals surface area contributed by atoms with Crippen molar-refractivity contribution in [2.24, 2.45) is 33.5 Å². The van der Waals surface area contributed by atoms with Gasteiger partial charge in [-0.1, -0.05) is 82.3 Å². The van der Waals surface area contributed by atoms with Crippen LogP contribution in [0.15, 0.2) is 91.0 Å². The van der Waals surface area contributed by atoms with E-state index < -0.39 is 0 Å². The van der Waals surface area contributed by atoms with Gasteiger partial charge in [0.15, 0.2) is 0 Å². The number of aromatic hydroxyl groups is 2. The summed E-state index contributed by atoms with van der Waals surface area (Å²) < 4.78 is 2.42. The minimum Gasteiger partial charge on any atom is -0.508 e. The molecule has 15 rings (SSSR count). The van der Waals surface area contributed by atoms with Crippen LogP contribution in [0.25, 0.3) is 63.6 Å². The fourth-order valence-electron chi connectivity index (χ4n) is 17.9. The number of phenols is 2. The number of pyridine rings is 1. The number of phenolic OH excluding ortho intramolecular Hbond substituents is 2. The fraction of sp³-hybridized carbons (Fsp3) is 0.441. The number of aromatic nitrogens is 1. The molecule has 8 aliphatic carbocycles. The predicted molar refractivity (Wildman–Crippen MR) is 268 cm³/mol. The number of benzene rings is 4. The van der Waals surface area contributed by atoms with Gasteiger partial charge in [-0.15, -0.1) is 22.7 Å². The molecule has 8 bridgehead atoms. The standard InChI is InChI=1S/C59H61NO2S2.Hf/c1-34-18-41(51(62)43(19-34)59-27-37-24-56(5,32-59)29-57(6,25-37)33-59)53-50(39-13-8-10-17-48(39)64-53)45-15-11-14-44(60-45)49-38-12-7-9-16-47(38)63-52(49)40-21-46(61)42(20-35(40)2)58-26-36-22-54(3,30-58)28-55(4,23-36)31-58;/h7-21,36-37,61-62H,22-33H2,1-6H3;. The molecular formula is C59H61HfNO2S2. The Morgan fingerprint density at radius 1 is 0.523 bits per heavy atom. The van der Waals surface area contributed by atoms with Crippen LogP contribution in [0.1, 0.15) is 127 Å². The summed E-state index contributed by atoms with van der Waals surface area (Å²) in [7, 11) is 0. The van der Waals surface area contributed by atoms with E-state index in [4.69, 9.17) is 4.98 Å². The van der Waals surface area contributed by atoms with Crippen molar-refractivity contribution in [3.63, 3.8) is 0 Å². The van der Waals surface area contributed by atoms with Crippen molar-refractivity contribution in [2.45, 2.75) is 129 Å². The van der Waals surface area contributed by atoms with Gasteiger partial charge < -0.3 is 10.2 Å². The first-order valence-electron chi connectivity index (χ1n) is 24.2. The third-order valence-corrected chi connectivity index (χ3v) is 20.3. The second kappa shape index (κ2) is 14.2. The maximum Gasteiger partial charge on any atom is 0.128 e. The van der Waals surface area contributed by atoms with E-state index in [1.807, 2.05) is 11.3 Å². The normalized spacial score (nSPS) is 33.0. The average molecular weight is 1060 g/mol. The Bertz CT molecular complexity index is 3100. The van der Waals surface area contributed by atoms with Crippen LogP contribution in [0, 0.1) is 47.3 Å². The second-order valence-corrected chi connectivity index (χ2v) is 26.3. The molecule has 0 amide bonds. The molecule has 8 saturated carbocycles. The molecule has 3 aromatic heterocycles. The molecule has 3 nitrogen and oxygen atoms in total. The Morgan fingerprint density at radius 2 is 1.00 bits per heavy atom. The van der Waals surface area contributed by atoms with Crippen LogP contribution >= 0.6 is 22.7 Å². The van der Waals surface area contributed by atoms with Crippen molar-refractivity contribution in [2.75, 3.05) is 0 Å². The van der Waals surface area contributed by atoms with Gasteiger partial charge in [-0.3, -0.25) is 0 Å². The first-order chi connectivity index (χ1) is 30.5. The van der Waals surface area contributed by atoms with Crippen molar-refractivity contribution in [1.29, 1.82) is 0 Å². The molecule has 2 N–H and O–H groups in total. The van der Waals surface area contributed by atoms with Crippen LogP contribution in [0.5, 0.6) is 11.5 Å².